The fourth-order valence-electron chi connectivity index (χ4n) is 3.72. The second-order valence-corrected chi connectivity index (χ2v) is 8.58. The monoisotopic (exact) mass is 448 g/mol. The number of carboxylic acid groups (broad SMARTS) is 1. The van der Waals surface area contributed by atoms with Gasteiger partial charge in [0, 0.05) is 11.0 Å². The summed E-state index contributed by atoms with van der Waals surface area (Å²) in [7, 11) is -4.64. The van der Waals surface area contributed by atoms with Crippen molar-refractivity contribution in [3.8, 4) is 0 Å². The Morgan fingerprint density at radius 2 is 1.35 bits per heavy atom. The van der Waals surface area contributed by atoms with E-state index in [1.807, 2.05) is 60.7 Å². The molecule has 31 heavy (non-hydrogen) atoms. The maximum absolute atomic E-state index is 12.4. The molecule has 2 fully saturated rings. The van der Waals surface area contributed by atoms with E-state index in [0.717, 1.165) is 11.1 Å². The van der Waals surface area contributed by atoms with E-state index in [4.69, 9.17) is 28.7 Å². The first kappa shape index (κ1) is 23.3. The van der Waals surface area contributed by atoms with E-state index in [1.165, 1.54) is 0 Å². The quantitative estimate of drug-likeness (QED) is 0.275. The molecule has 2 aromatic carbocycles. The number of phosphoric acid groups is 1. The van der Waals surface area contributed by atoms with Crippen molar-refractivity contribution in [2.45, 2.75) is 30.5 Å². The lowest BCUT2D eigenvalue weighted by molar-refractivity contribution is -0.133. The number of carbonyl (C=O) groups is 1. The van der Waals surface area contributed by atoms with Crippen molar-refractivity contribution in [1.29, 1.82) is 0 Å². The van der Waals surface area contributed by atoms with Crippen molar-refractivity contribution in [3.63, 3.8) is 0 Å². The summed E-state index contributed by atoms with van der Waals surface area (Å²) in [5, 5.41) is 10.1. The zero-order valence-corrected chi connectivity index (χ0v) is 17.6. The molecule has 0 bridgehead atoms. The maximum atomic E-state index is 12.4. The van der Waals surface area contributed by atoms with E-state index < -0.39 is 19.2 Å². The molecule has 2 unspecified atom stereocenters. The van der Waals surface area contributed by atoms with Crippen LogP contribution in [0.2, 0.25) is 0 Å². The molecule has 2 saturated heterocycles. The lowest BCUT2D eigenvalue weighted by atomic mass is 9.67. The number of carboxylic acids is 1. The smallest absolute Gasteiger partial charge is 0.466 e. The van der Waals surface area contributed by atoms with Gasteiger partial charge in [0.25, 0.3) is 0 Å². The van der Waals surface area contributed by atoms with Crippen LogP contribution in [0.5, 0.6) is 0 Å². The summed E-state index contributed by atoms with van der Waals surface area (Å²) < 4.78 is 19.9. The predicted octanol–water partition coefficient (Wildman–Crippen LogP) is 2.74. The Hall–Kier alpha value is -2.32. The Morgan fingerprint density at radius 3 is 1.74 bits per heavy atom. The highest BCUT2D eigenvalue weighted by Crippen LogP contribution is 2.46. The molecule has 2 atom stereocenters. The number of hydrogen-bond acceptors (Lipinski definition) is 4. The van der Waals surface area contributed by atoms with Gasteiger partial charge in [0.15, 0.2) is 0 Å². The van der Waals surface area contributed by atoms with E-state index in [-0.39, 0.29) is 12.2 Å². The van der Waals surface area contributed by atoms with E-state index in [1.54, 1.807) is 6.08 Å². The second-order valence-electron chi connectivity index (χ2n) is 7.55. The molecule has 2 aliphatic rings. The molecule has 2 heterocycles. The van der Waals surface area contributed by atoms with Gasteiger partial charge in [-0.2, -0.15) is 0 Å². The van der Waals surface area contributed by atoms with Gasteiger partial charge in [0.1, 0.15) is 0 Å². The van der Waals surface area contributed by atoms with E-state index in [9.17, 15) is 9.90 Å². The lowest BCUT2D eigenvalue weighted by Gasteiger charge is -2.35. The van der Waals surface area contributed by atoms with Crippen molar-refractivity contribution in [2.24, 2.45) is 0 Å². The first-order valence-electron chi connectivity index (χ1n) is 9.75. The largest absolute Gasteiger partial charge is 0.478 e. The third-order valence-corrected chi connectivity index (χ3v) is 5.14. The van der Waals surface area contributed by atoms with Crippen LogP contribution in [0.3, 0.4) is 0 Å². The summed E-state index contributed by atoms with van der Waals surface area (Å²) in [6, 6.07) is 19.6. The van der Waals surface area contributed by atoms with Gasteiger partial charge in [-0.25, -0.2) is 9.36 Å². The highest BCUT2D eigenvalue weighted by Gasteiger charge is 2.48. The average Bonchev–Trinajstić information content (AvgIpc) is 3.63. The van der Waals surface area contributed by atoms with Crippen LogP contribution in [0.1, 0.15) is 24.0 Å². The second kappa shape index (κ2) is 9.87. The highest BCUT2D eigenvalue weighted by molar-refractivity contribution is 7.45. The summed E-state index contributed by atoms with van der Waals surface area (Å²) in [5.74, 6) is -0.890. The summed E-state index contributed by atoms with van der Waals surface area (Å²) in [5.41, 5.74) is 1.67. The van der Waals surface area contributed by atoms with Gasteiger partial charge in [-0.1, -0.05) is 60.7 Å². The molecule has 0 amide bonds. The zero-order chi connectivity index (χ0) is 22.5. The van der Waals surface area contributed by atoms with Gasteiger partial charge < -0.3 is 29.3 Å². The first-order valence-corrected chi connectivity index (χ1v) is 11.3. The predicted molar refractivity (Wildman–Crippen MR) is 113 cm³/mol. The van der Waals surface area contributed by atoms with E-state index in [0.29, 0.717) is 31.6 Å². The van der Waals surface area contributed by atoms with Gasteiger partial charge in [0.05, 0.1) is 25.4 Å². The van der Waals surface area contributed by atoms with E-state index >= 15 is 0 Å². The normalized spacial score (nSPS) is 22.0. The van der Waals surface area contributed by atoms with Gasteiger partial charge in [-0.3, -0.25) is 0 Å². The van der Waals surface area contributed by atoms with Crippen molar-refractivity contribution in [3.05, 3.63) is 77.4 Å². The minimum absolute atomic E-state index is 0.104. The SMILES string of the molecule is O=C(O)C(=Cc1ccccc1)C(CC1CO1)(CC1CO1)c1ccccc1.O=P(O)(O)O. The van der Waals surface area contributed by atoms with Crippen LogP contribution in [-0.2, 0) is 24.2 Å². The lowest BCUT2D eigenvalue weighted by Crippen LogP contribution is -2.36. The molecule has 8 nitrogen and oxygen atoms in total. The topological polar surface area (TPSA) is 140 Å². The van der Waals surface area contributed by atoms with Gasteiger partial charge in [-0.15, -0.1) is 0 Å². The van der Waals surface area contributed by atoms with Crippen molar-refractivity contribution < 1.29 is 38.6 Å². The van der Waals surface area contributed by atoms with Crippen LogP contribution in [0, 0.1) is 0 Å². The summed E-state index contributed by atoms with van der Waals surface area (Å²) >= 11 is 0. The average molecular weight is 448 g/mol. The number of epoxide rings is 2. The standard InChI is InChI=1S/C22H22O4.H3O4P/c23-21(24)20(11-16-7-3-1-4-8-16)22(12-18-14-25-18,13-19-15-26-19)17-9-5-2-6-10-17;1-5(2,3)4/h1-11,18-19H,12-15H2,(H,23,24);(H3,1,2,3,4). The minimum Gasteiger partial charge on any atom is -0.478 e. The third kappa shape index (κ3) is 7.40. The molecule has 0 radical (unpaired) electrons. The van der Waals surface area contributed by atoms with Crippen LogP contribution in [0.15, 0.2) is 66.2 Å². The van der Waals surface area contributed by atoms with Gasteiger partial charge >= 0.3 is 13.8 Å². The molecular weight excluding hydrogens is 423 g/mol. The molecule has 0 saturated carbocycles. The molecule has 2 aromatic rings. The Morgan fingerprint density at radius 1 is 0.935 bits per heavy atom. The van der Waals surface area contributed by atoms with Gasteiger partial charge in [0.2, 0.25) is 0 Å². The molecule has 166 valence electrons. The molecule has 9 heteroatoms. The third-order valence-electron chi connectivity index (χ3n) is 5.14. The van der Waals surface area contributed by atoms with Crippen molar-refractivity contribution in [1.82, 2.24) is 0 Å². The van der Waals surface area contributed by atoms with Crippen LogP contribution < -0.4 is 0 Å². The summed E-state index contributed by atoms with van der Waals surface area (Å²) in [6.07, 6.45) is 3.32. The minimum atomic E-state index is -4.64. The number of hydrogen-bond donors (Lipinski definition) is 4. The Kier molecular flexibility index (Phi) is 7.43. The summed E-state index contributed by atoms with van der Waals surface area (Å²) in [6.45, 7) is 1.39. The molecule has 0 spiro atoms. The number of benzene rings is 2. The highest BCUT2D eigenvalue weighted by atomic mass is 31.2. The van der Waals surface area contributed by atoms with Crippen molar-refractivity contribution in [2.75, 3.05) is 13.2 Å². The fourth-order valence-corrected chi connectivity index (χ4v) is 3.72. The Balaban J connectivity index is 0.000000491. The molecule has 0 aromatic heterocycles. The molecule has 0 aliphatic carbocycles. The van der Waals surface area contributed by atoms with Crippen molar-refractivity contribution >= 4 is 19.9 Å². The molecule has 2 aliphatic heterocycles. The maximum Gasteiger partial charge on any atom is 0.466 e. The van der Waals surface area contributed by atoms with E-state index in [2.05, 4.69) is 0 Å². The number of rotatable bonds is 8. The molecule has 4 rings (SSSR count). The van der Waals surface area contributed by atoms with Crippen LogP contribution in [0.25, 0.3) is 6.08 Å². The van der Waals surface area contributed by atoms with Crippen LogP contribution >= 0.6 is 7.82 Å². The first-order chi connectivity index (χ1) is 14.7. The molecular formula is C22H25O8P. The van der Waals surface area contributed by atoms with Gasteiger partial charge in [-0.05, 0) is 30.0 Å². The van der Waals surface area contributed by atoms with Crippen LogP contribution in [-0.4, -0.2) is 51.2 Å². The van der Waals surface area contributed by atoms with Crippen LogP contribution in [0.4, 0.5) is 0 Å². The Labute approximate surface area is 180 Å². The number of aliphatic carboxylic acids is 1. The summed E-state index contributed by atoms with van der Waals surface area (Å²) in [4.78, 5) is 33.9. The fraction of sp³-hybridized carbons (Fsp3) is 0.318. The molecule has 4 N–H and O–H groups in total. The Bertz CT molecular complexity index is 924. The zero-order valence-electron chi connectivity index (χ0n) is 16.7. The number of ether oxygens (including phenoxy) is 2.